The molecule has 0 aliphatic carbocycles. The number of hydrogen-bond acceptors (Lipinski definition) is 5. The number of nitrogens with zero attached hydrogens (tertiary/aromatic N) is 2. The molecule has 1 unspecified atom stereocenters. The summed E-state index contributed by atoms with van der Waals surface area (Å²) >= 11 is 0. The number of rotatable bonds is 6. The van der Waals surface area contributed by atoms with Gasteiger partial charge in [-0.3, -0.25) is 29.4 Å². The van der Waals surface area contributed by atoms with Crippen LogP contribution >= 0.6 is 0 Å². The molecular weight excluding hydrogens is 381 g/mol. The number of carbonyl (C=O) groups is 3. The van der Waals surface area contributed by atoms with Gasteiger partial charge in [0.1, 0.15) is 17.9 Å². The van der Waals surface area contributed by atoms with Crippen LogP contribution in [0.1, 0.15) is 46.2 Å². The van der Waals surface area contributed by atoms with E-state index in [1.165, 1.54) is 24.3 Å². The Morgan fingerprint density at radius 3 is 2.38 bits per heavy atom. The maximum atomic E-state index is 13.2. The Hall–Kier alpha value is -3.62. The lowest BCUT2D eigenvalue weighted by Gasteiger charge is -2.24. The Morgan fingerprint density at radius 2 is 1.79 bits per heavy atom. The fourth-order valence-electron chi connectivity index (χ4n) is 3.28. The predicted molar refractivity (Wildman–Crippen MR) is 101 cm³/mol. The van der Waals surface area contributed by atoms with Gasteiger partial charge >= 0.3 is 0 Å². The van der Waals surface area contributed by atoms with Crippen LogP contribution in [-0.2, 0) is 4.79 Å². The van der Waals surface area contributed by atoms with Crippen molar-refractivity contribution in [1.82, 2.24) is 10.2 Å². The van der Waals surface area contributed by atoms with Crippen LogP contribution in [0.25, 0.3) is 0 Å². The summed E-state index contributed by atoms with van der Waals surface area (Å²) in [5.41, 5.74) is -0.215. The van der Waals surface area contributed by atoms with Crippen molar-refractivity contribution in [1.29, 1.82) is 0 Å². The highest BCUT2D eigenvalue weighted by Crippen LogP contribution is 2.30. The first-order valence-corrected chi connectivity index (χ1v) is 8.89. The van der Waals surface area contributed by atoms with E-state index in [1.807, 2.05) is 13.8 Å². The minimum absolute atomic E-state index is 0.0484. The highest BCUT2D eigenvalue weighted by Gasteiger charge is 2.41. The largest absolute Gasteiger partial charge is 0.347 e. The van der Waals surface area contributed by atoms with Gasteiger partial charge in [0.15, 0.2) is 0 Å². The van der Waals surface area contributed by atoms with Gasteiger partial charge in [-0.1, -0.05) is 32.0 Å². The average molecular weight is 399 g/mol. The molecule has 2 aromatic rings. The number of hydrogen-bond donors (Lipinski definition) is 1. The van der Waals surface area contributed by atoms with Crippen LogP contribution in [0, 0.1) is 21.8 Å². The molecule has 1 aliphatic heterocycles. The Morgan fingerprint density at radius 1 is 1.14 bits per heavy atom. The van der Waals surface area contributed by atoms with Crippen molar-refractivity contribution in [2.24, 2.45) is 5.92 Å². The summed E-state index contributed by atoms with van der Waals surface area (Å²) < 4.78 is 13.2. The van der Waals surface area contributed by atoms with E-state index < -0.39 is 46.7 Å². The molecule has 0 saturated carbocycles. The third-order valence-electron chi connectivity index (χ3n) is 4.69. The number of nitrogens with one attached hydrogen (secondary N) is 1. The number of nitro groups is 1. The highest BCUT2D eigenvalue weighted by molar-refractivity contribution is 6.24. The number of halogens is 1. The van der Waals surface area contributed by atoms with Crippen molar-refractivity contribution in [2.45, 2.75) is 19.9 Å². The first kappa shape index (κ1) is 20.1. The van der Waals surface area contributed by atoms with E-state index in [4.69, 9.17) is 0 Å². The van der Waals surface area contributed by atoms with Gasteiger partial charge in [0, 0.05) is 6.07 Å². The van der Waals surface area contributed by atoms with E-state index in [-0.39, 0.29) is 17.0 Å². The molecule has 0 spiro atoms. The smallest absolute Gasteiger partial charge is 0.282 e. The second kappa shape index (κ2) is 7.78. The maximum Gasteiger partial charge on any atom is 0.282 e. The number of imide groups is 1. The van der Waals surface area contributed by atoms with Gasteiger partial charge in [0.05, 0.1) is 16.5 Å². The maximum absolute atomic E-state index is 13.2. The molecule has 1 atom stereocenters. The van der Waals surface area contributed by atoms with Crippen LogP contribution in [0.2, 0.25) is 0 Å². The van der Waals surface area contributed by atoms with E-state index in [0.717, 1.165) is 6.07 Å². The van der Waals surface area contributed by atoms with Crippen molar-refractivity contribution in [3.8, 4) is 0 Å². The normalized spacial score (nSPS) is 14.1. The summed E-state index contributed by atoms with van der Waals surface area (Å²) in [6.45, 7) is 3.15. The highest BCUT2D eigenvalue weighted by atomic mass is 19.1. The molecule has 0 radical (unpaired) electrons. The molecule has 0 saturated heterocycles. The standard InChI is InChI=1S/C20H18FN3O5/c1-11(2)18(12-6-8-13(21)9-7-12)22-16(25)10-23-19(26)14-4-3-5-15(24(28)29)17(14)20(23)27/h3-9,11,18H,10H2,1-2H3,(H,22,25). The van der Waals surface area contributed by atoms with E-state index in [0.29, 0.717) is 10.5 Å². The number of fused-ring (bicyclic) bond motifs is 1. The zero-order valence-electron chi connectivity index (χ0n) is 15.7. The first-order valence-electron chi connectivity index (χ1n) is 8.89. The van der Waals surface area contributed by atoms with E-state index in [9.17, 15) is 28.9 Å². The zero-order valence-corrected chi connectivity index (χ0v) is 15.7. The summed E-state index contributed by atoms with van der Waals surface area (Å²) in [5.74, 6) is -2.70. The summed E-state index contributed by atoms with van der Waals surface area (Å²) in [4.78, 5) is 48.7. The monoisotopic (exact) mass is 399 g/mol. The molecule has 1 aliphatic rings. The average Bonchev–Trinajstić information content (AvgIpc) is 2.91. The third kappa shape index (κ3) is 3.84. The van der Waals surface area contributed by atoms with E-state index >= 15 is 0 Å². The number of amides is 3. The second-order valence-corrected chi connectivity index (χ2v) is 6.99. The van der Waals surface area contributed by atoms with Gasteiger partial charge < -0.3 is 5.32 Å². The molecule has 3 amide bonds. The Kier molecular flexibility index (Phi) is 5.40. The Bertz CT molecular complexity index is 1000. The van der Waals surface area contributed by atoms with Gasteiger partial charge in [0.25, 0.3) is 17.5 Å². The Balaban J connectivity index is 1.79. The van der Waals surface area contributed by atoms with Crippen molar-refractivity contribution in [3.05, 3.63) is 75.1 Å². The number of benzene rings is 2. The van der Waals surface area contributed by atoms with Crippen LogP contribution in [0.5, 0.6) is 0 Å². The fourth-order valence-corrected chi connectivity index (χ4v) is 3.28. The second-order valence-electron chi connectivity index (χ2n) is 6.99. The molecular formula is C20H18FN3O5. The first-order chi connectivity index (χ1) is 13.7. The van der Waals surface area contributed by atoms with Gasteiger partial charge in [-0.25, -0.2) is 4.39 Å². The summed E-state index contributed by atoms with van der Waals surface area (Å²) in [6, 6.07) is 8.95. The van der Waals surface area contributed by atoms with Gasteiger partial charge in [-0.15, -0.1) is 0 Å². The Labute approximate surface area is 165 Å². The molecule has 1 N–H and O–H groups in total. The van der Waals surface area contributed by atoms with Gasteiger partial charge in [0.2, 0.25) is 5.91 Å². The molecule has 1 heterocycles. The van der Waals surface area contributed by atoms with Crippen LogP contribution in [0.4, 0.5) is 10.1 Å². The lowest BCUT2D eigenvalue weighted by atomic mass is 9.96. The lowest BCUT2D eigenvalue weighted by molar-refractivity contribution is -0.385. The van der Waals surface area contributed by atoms with Crippen molar-refractivity contribution in [3.63, 3.8) is 0 Å². The molecule has 29 heavy (non-hydrogen) atoms. The molecule has 8 nitrogen and oxygen atoms in total. The molecule has 0 aromatic heterocycles. The quantitative estimate of drug-likeness (QED) is 0.456. The molecule has 0 bridgehead atoms. The SMILES string of the molecule is CC(C)C(NC(=O)CN1C(=O)c2cccc([N+](=O)[O-])c2C1=O)c1ccc(F)cc1. The molecule has 3 rings (SSSR count). The summed E-state index contributed by atoms with van der Waals surface area (Å²) in [6.07, 6.45) is 0. The van der Waals surface area contributed by atoms with Gasteiger partial charge in [-0.2, -0.15) is 0 Å². The van der Waals surface area contributed by atoms with Crippen molar-refractivity contribution < 1.29 is 23.7 Å². The summed E-state index contributed by atoms with van der Waals surface area (Å²) in [7, 11) is 0. The van der Waals surface area contributed by atoms with Crippen LogP contribution in [-0.4, -0.2) is 34.1 Å². The molecule has 150 valence electrons. The topological polar surface area (TPSA) is 110 Å². The van der Waals surface area contributed by atoms with E-state index in [2.05, 4.69) is 5.32 Å². The lowest BCUT2D eigenvalue weighted by Crippen LogP contribution is -2.42. The molecule has 2 aromatic carbocycles. The number of nitro benzene ring substituents is 1. The van der Waals surface area contributed by atoms with Crippen molar-refractivity contribution in [2.75, 3.05) is 6.54 Å². The van der Waals surface area contributed by atoms with Gasteiger partial charge in [-0.05, 0) is 29.7 Å². The summed E-state index contributed by atoms with van der Waals surface area (Å²) in [5, 5.41) is 13.9. The predicted octanol–water partition coefficient (Wildman–Crippen LogP) is 2.84. The minimum Gasteiger partial charge on any atom is -0.347 e. The van der Waals surface area contributed by atoms with Crippen molar-refractivity contribution >= 4 is 23.4 Å². The van der Waals surface area contributed by atoms with Crippen LogP contribution in [0.3, 0.4) is 0 Å². The molecule has 9 heteroatoms. The zero-order chi connectivity index (χ0) is 21.3. The number of carbonyl (C=O) groups excluding carboxylic acids is 3. The minimum atomic E-state index is -0.879. The third-order valence-corrected chi connectivity index (χ3v) is 4.69. The molecule has 0 fully saturated rings. The van der Waals surface area contributed by atoms with Crippen LogP contribution in [0.15, 0.2) is 42.5 Å². The van der Waals surface area contributed by atoms with Crippen LogP contribution < -0.4 is 5.32 Å². The fraction of sp³-hybridized carbons (Fsp3) is 0.250. The van der Waals surface area contributed by atoms with E-state index in [1.54, 1.807) is 12.1 Å².